The van der Waals surface area contributed by atoms with Crippen LogP contribution in [0.25, 0.3) is 11.1 Å². The number of nitrogens with zero attached hydrogens (tertiary/aromatic N) is 4. The quantitative estimate of drug-likeness (QED) is 0.644. The van der Waals surface area contributed by atoms with Gasteiger partial charge < -0.3 is 29.9 Å². The van der Waals surface area contributed by atoms with Crippen LogP contribution in [0.2, 0.25) is 0 Å². The van der Waals surface area contributed by atoms with Crippen molar-refractivity contribution >= 4 is 23.4 Å². The maximum Gasteiger partial charge on any atom is 0.321 e. The molecular formula is C28H37N5O4. The number of carbonyl (C=O) groups excluding carboxylic acids is 2. The average Bonchev–Trinajstić information content (AvgIpc) is 3.38. The molecule has 0 spiro atoms. The van der Waals surface area contributed by atoms with Gasteiger partial charge in [-0.05, 0) is 67.1 Å². The lowest BCUT2D eigenvalue weighted by Gasteiger charge is -2.44. The molecule has 9 nitrogen and oxygen atoms in total. The summed E-state index contributed by atoms with van der Waals surface area (Å²) < 4.78 is 5.51. The summed E-state index contributed by atoms with van der Waals surface area (Å²) in [5, 5.41) is 13.2. The van der Waals surface area contributed by atoms with E-state index in [0.717, 1.165) is 54.1 Å². The third-order valence-corrected chi connectivity index (χ3v) is 7.67. The fourth-order valence-electron chi connectivity index (χ4n) is 5.38. The molecule has 37 heavy (non-hydrogen) atoms. The number of pyridine rings is 1. The monoisotopic (exact) mass is 507 g/mol. The number of β-amino-alcohol motifs (C(OH)–C–C–N with tert-alkyl or cyclic N) is 1. The number of nitrogens with one attached hydrogen (secondary N) is 1. The van der Waals surface area contributed by atoms with Crippen LogP contribution in [0, 0.1) is 12.8 Å². The summed E-state index contributed by atoms with van der Waals surface area (Å²) in [6, 6.07) is 9.64. The highest BCUT2D eigenvalue weighted by Crippen LogP contribution is 2.32. The highest BCUT2D eigenvalue weighted by atomic mass is 16.5. The van der Waals surface area contributed by atoms with Crippen LogP contribution in [-0.2, 0) is 4.74 Å². The third-order valence-electron chi connectivity index (χ3n) is 7.67. The summed E-state index contributed by atoms with van der Waals surface area (Å²) in [7, 11) is 0. The maximum absolute atomic E-state index is 13.3. The molecule has 0 saturated carbocycles. The first kappa shape index (κ1) is 25.5. The molecule has 0 aliphatic carbocycles. The van der Waals surface area contributed by atoms with Crippen molar-refractivity contribution in [1.29, 1.82) is 0 Å². The molecule has 9 heteroatoms. The molecule has 1 aromatic heterocycles. The molecule has 0 radical (unpaired) electrons. The molecule has 0 bridgehead atoms. The number of anilines is 2. The number of likely N-dealkylation sites (tertiary alicyclic amines) is 2. The number of aliphatic hydroxyl groups is 1. The lowest BCUT2D eigenvalue weighted by molar-refractivity contribution is -0.0670. The SMILES string of the molecule is CC[C@@H]1CCN(C(=O)Nc2ccc(C)c(-c3cc(C(=O)N4CC(C)(O)C4)nc(N4CCOCC4)c3)c2)C1. The Morgan fingerprint density at radius 2 is 1.89 bits per heavy atom. The largest absolute Gasteiger partial charge is 0.386 e. The van der Waals surface area contributed by atoms with E-state index >= 15 is 0 Å². The van der Waals surface area contributed by atoms with Gasteiger partial charge in [0.05, 0.1) is 31.9 Å². The van der Waals surface area contributed by atoms with Crippen molar-refractivity contribution in [3.05, 3.63) is 41.6 Å². The predicted octanol–water partition coefficient (Wildman–Crippen LogP) is 3.36. The first-order chi connectivity index (χ1) is 17.7. The van der Waals surface area contributed by atoms with E-state index in [-0.39, 0.29) is 11.9 Å². The average molecular weight is 508 g/mol. The molecule has 0 unspecified atom stereocenters. The van der Waals surface area contributed by atoms with E-state index in [4.69, 9.17) is 9.72 Å². The summed E-state index contributed by atoms with van der Waals surface area (Å²) in [6.45, 7) is 10.7. The summed E-state index contributed by atoms with van der Waals surface area (Å²) in [4.78, 5) is 36.5. The molecule has 3 saturated heterocycles. The highest BCUT2D eigenvalue weighted by molar-refractivity contribution is 5.95. The van der Waals surface area contributed by atoms with Crippen molar-refractivity contribution < 1.29 is 19.4 Å². The number of ether oxygens (including phenoxy) is 1. The summed E-state index contributed by atoms with van der Waals surface area (Å²) in [5.41, 5.74) is 3.07. The van der Waals surface area contributed by atoms with Crippen LogP contribution < -0.4 is 10.2 Å². The normalized spacial score (nSPS) is 21.1. The molecule has 3 aliphatic heterocycles. The number of aryl methyl sites for hydroxylation is 1. The molecule has 2 N–H and O–H groups in total. The standard InChI is InChI=1S/C28H37N5O4/c1-4-20-7-8-32(16-20)27(35)29-22-6-5-19(2)23(15-22)21-13-24(26(34)33-17-28(3,36)18-33)30-25(14-21)31-9-11-37-12-10-31/h5-6,13-15,20,36H,4,7-12,16-18H2,1-3H3,(H,29,35)/t20-/m1/s1. The number of rotatable bonds is 5. The Balaban J connectivity index is 1.44. The van der Waals surface area contributed by atoms with Gasteiger partial charge in [-0.3, -0.25) is 4.79 Å². The van der Waals surface area contributed by atoms with Gasteiger partial charge in [0.15, 0.2) is 0 Å². The van der Waals surface area contributed by atoms with E-state index in [1.54, 1.807) is 11.8 Å². The van der Waals surface area contributed by atoms with E-state index in [9.17, 15) is 14.7 Å². The molecule has 1 aromatic carbocycles. The van der Waals surface area contributed by atoms with Gasteiger partial charge in [-0.25, -0.2) is 9.78 Å². The van der Waals surface area contributed by atoms with Crippen LogP contribution in [0.4, 0.5) is 16.3 Å². The smallest absolute Gasteiger partial charge is 0.321 e. The van der Waals surface area contributed by atoms with Crippen molar-refractivity contribution in [2.75, 3.05) is 62.7 Å². The first-order valence-electron chi connectivity index (χ1n) is 13.3. The minimum absolute atomic E-state index is 0.0739. The Bertz CT molecular complexity index is 1170. The van der Waals surface area contributed by atoms with Crippen LogP contribution in [0.3, 0.4) is 0 Å². The summed E-state index contributed by atoms with van der Waals surface area (Å²) in [6.07, 6.45) is 2.13. The number of urea groups is 1. The van der Waals surface area contributed by atoms with E-state index in [0.29, 0.717) is 51.0 Å². The second-order valence-corrected chi connectivity index (χ2v) is 10.8. The highest BCUT2D eigenvalue weighted by Gasteiger charge is 2.40. The molecule has 3 amide bonds. The van der Waals surface area contributed by atoms with Crippen molar-refractivity contribution in [3.63, 3.8) is 0 Å². The van der Waals surface area contributed by atoms with Crippen LogP contribution in [-0.4, -0.2) is 89.9 Å². The van der Waals surface area contributed by atoms with E-state index < -0.39 is 5.60 Å². The molecule has 3 aliphatic rings. The number of carbonyl (C=O) groups is 2. The number of amides is 3. The lowest BCUT2D eigenvalue weighted by atomic mass is 9.95. The fraction of sp³-hybridized carbons (Fsp3) is 0.536. The number of hydrogen-bond acceptors (Lipinski definition) is 6. The zero-order chi connectivity index (χ0) is 26.2. The Labute approximate surface area is 218 Å². The first-order valence-corrected chi connectivity index (χ1v) is 13.3. The van der Waals surface area contributed by atoms with Gasteiger partial charge in [0.1, 0.15) is 11.5 Å². The topological polar surface area (TPSA) is 98.2 Å². The Kier molecular flexibility index (Phi) is 7.09. The Hall–Kier alpha value is -3.17. The molecule has 2 aromatic rings. The van der Waals surface area contributed by atoms with E-state index in [1.807, 2.05) is 42.2 Å². The lowest BCUT2D eigenvalue weighted by Crippen LogP contribution is -2.61. The summed E-state index contributed by atoms with van der Waals surface area (Å²) in [5.74, 6) is 1.11. The van der Waals surface area contributed by atoms with Crippen molar-refractivity contribution in [2.45, 2.75) is 39.2 Å². The van der Waals surface area contributed by atoms with Gasteiger partial charge in [0.2, 0.25) is 0 Å². The fourth-order valence-corrected chi connectivity index (χ4v) is 5.38. The molecule has 1 atom stereocenters. The van der Waals surface area contributed by atoms with Gasteiger partial charge >= 0.3 is 6.03 Å². The van der Waals surface area contributed by atoms with Crippen LogP contribution in [0.5, 0.6) is 0 Å². The minimum atomic E-state index is -0.851. The zero-order valence-electron chi connectivity index (χ0n) is 22.0. The van der Waals surface area contributed by atoms with Crippen molar-refractivity contribution in [1.82, 2.24) is 14.8 Å². The Morgan fingerprint density at radius 3 is 2.57 bits per heavy atom. The van der Waals surface area contributed by atoms with Gasteiger partial charge in [0, 0.05) is 31.9 Å². The molecule has 4 heterocycles. The zero-order valence-corrected chi connectivity index (χ0v) is 22.0. The molecule has 198 valence electrons. The maximum atomic E-state index is 13.3. The second-order valence-electron chi connectivity index (χ2n) is 10.8. The van der Waals surface area contributed by atoms with Crippen LogP contribution >= 0.6 is 0 Å². The molecule has 5 rings (SSSR count). The minimum Gasteiger partial charge on any atom is -0.386 e. The number of hydrogen-bond donors (Lipinski definition) is 2. The van der Waals surface area contributed by atoms with Crippen LogP contribution in [0.15, 0.2) is 30.3 Å². The molecular weight excluding hydrogens is 470 g/mol. The predicted molar refractivity (Wildman–Crippen MR) is 143 cm³/mol. The van der Waals surface area contributed by atoms with Crippen molar-refractivity contribution in [2.24, 2.45) is 5.92 Å². The van der Waals surface area contributed by atoms with Gasteiger partial charge in [0.25, 0.3) is 5.91 Å². The van der Waals surface area contributed by atoms with E-state index in [1.165, 1.54) is 0 Å². The van der Waals surface area contributed by atoms with Gasteiger partial charge in [-0.2, -0.15) is 0 Å². The van der Waals surface area contributed by atoms with Crippen molar-refractivity contribution in [3.8, 4) is 11.1 Å². The number of morpholine rings is 1. The molecule has 3 fully saturated rings. The number of aromatic nitrogens is 1. The van der Waals surface area contributed by atoms with Gasteiger partial charge in [-0.15, -0.1) is 0 Å². The van der Waals surface area contributed by atoms with Gasteiger partial charge in [-0.1, -0.05) is 19.4 Å². The third kappa shape index (κ3) is 5.57. The Morgan fingerprint density at radius 1 is 1.14 bits per heavy atom. The van der Waals surface area contributed by atoms with E-state index in [2.05, 4.69) is 17.1 Å². The van der Waals surface area contributed by atoms with Crippen LogP contribution in [0.1, 0.15) is 42.7 Å². The second kappa shape index (κ2) is 10.3. The summed E-state index contributed by atoms with van der Waals surface area (Å²) >= 11 is 0. The number of benzene rings is 1.